The highest BCUT2D eigenvalue weighted by atomic mass is 19.4. The minimum absolute atomic E-state index is 0.0957. The zero-order valence-corrected chi connectivity index (χ0v) is 12.2. The molecule has 0 aliphatic carbocycles. The van der Waals surface area contributed by atoms with E-state index >= 15 is 0 Å². The van der Waals surface area contributed by atoms with Gasteiger partial charge in [-0.15, -0.1) is 5.06 Å². The van der Waals surface area contributed by atoms with Crippen LogP contribution in [0.15, 0.2) is 30.3 Å². The lowest BCUT2D eigenvalue weighted by atomic mass is 10.00. The molecule has 0 spiro atoms. The fraction of sp³-hybridized carbons (Fsp3) is 0.467. The number of benzene rings is 1. The number of esters is 1. The third-order valence-corrected chi connectivity index (χ3v) is 3.38. The summed E-state index contributed by atoms with van der Waals surface area (Å²) in [5.41, 5.74) is 0.817. The number of halogens is 3. The number of hydrogen-bond acceptors (Lipinski definition) is 5. The quantitative estimate of drug-likeness (QED) is 0.794. The highest BCUT2D eigenvalue weighted by Gasteiger charge is 2.43. The Balaban J connectivity index is 1.83. The average molecular weight is 331 g/mol. The Hall–Kier alpha value is -2.09. The summed E-state index contributed by atoms with van der Waals surface area (Å²) in [5.74, 6) is -3.41. The Labute approximate surface area is 130 Å². The van der Waals surface area contributed by atoms with Gasteiger partial charge in [-0.3, -0.25) is 4.79 Å². The predicted molar refractivity (Wildman–Crippen MR) is 72.7 cm³/mol. The molecule has 8 heteroatoms. The van der Waals surface area contributed by atoms with E-state index < -0.39 is 24.0 Å². The molecule has 2 rings (SSSR count). The zero-order valence-electron chi connectivity index (χ0n) is 12.2. The van der Waals surface area contributed by atoms with Crippen LogP contribution >= 0.6 is 0 Å². The SMILES string of the molecule is O=C(OCc1ccccc1)C1CCCN(OC(=O)C(F)(F)F)C1. The second kappa shape index (κ2) is 7.45. The molecule has 0 aromatic heterocycles. The van der Waals surface area contributed by atoms with E-state index in [0.717, 1.165) is 10.6 Å². The molecular formula is C15H16F3NO4. The molecule has 1 aliphatic heterocycles. The maximum atomic E-state index is 12.2. The smallest absolute Gasteiger partial charge is 0.461 e. The summed E-state index contributed by atoms with van der Waals surface area (Å²) in [5, 5.41) is 0.869. The van der Waals surface area contributed by atoms with Crippen molar-refractivity contribution in [2.75, 3.05) is 13.1 Å². The van der Waals surface area contributed by atoms with Gasteiger partial charge in [-0.2, -0.15) is 13.2 Å². The maximum Gasteiger partial charge on any atom is 0.492 e. The molecule has 1 aromatic rings. The Morgan fingerprint density at radius 2 is 1.91 bits per heavy atom. The van der Waals surface area contributed by atoms with Gasteiger partial charge >= 0.3 is 18.1 Å². The lowest BCUT2D eigenvalue weighted by molar-refractivity contribution is -0.244. The Morgan fingerprint density at radius 3 is 2.57 bits per heavy atom. The van der Waals surface area contributed by atoms with Gasteiger partial charge in [-0.25, -0.2) is 4.79 Å². The molecule has 126 valence electrons. The molecule has 5 nitrogen and oxygen atoms in total. The average Bonchev–Trinajstić information content (AvgIpc) is 2.53. The van der Waals surface area contributed by atoms with Gasteiger partial charge in [-0.05, 0) is 18.4 Å². The van der Waals surface area contributed by atoms with Crippen LogP contribution in [0.4, 0.5) is 13.2 Å². The van der Waals surface area contributed by atoms with E-state index in [4.69, 9.17) is 4.74 Å². The summed E-state index contributed by atoms with van der Waals surface area (Å²) in [6.45, 7) is 0.151. The summed E-state index contributed by atoms with van der Waals surface area (Å²) >= 11 is 0. The van der Waals surface area contributed by atoms with Crippen molar-refractivity contribution in [1.29, 1.82) is 0 Å². The molecule has 0 radical (unpaired) electrons. The van der Waals surface area contributed by atoms with Crippen molar-refractivity contribution >= 4 is 11.9 Å². The highest BCUT2D eigenvalue weighted by Crippen LogP contribution is 2.22. The van der Waals surface area contributed by atoms with Crippen molar-refractivity contribution < 1.29 is 32.3 Å². The molecule has 1 heterocycles. The van der Waals surface area contributed by atoms with Crippen LogP contribution in [0.3, 0.4) is 0 Å². The van der Waals surface area contributed by atoms with Crippen molar-refractivity contribution in [3.63, 3.8) is 0 Å². The van der Waals surface area contributed by atoms with Gasteiger partial charge in [0.1, 0.15) is 6.61 Å². The first-order chi connectivity index (χ1) is 10.9. The van der Waals surface area contributed by atoms with Crippen LogP contribution in [0.5, 0.6) is 0 Å². The minimum Gasteiger partial charge on any atom is -0.461 e. The predicted octanol–water partition coefficient (Wildman–Crippen LogP) is 2.46. The van der Waals surface area contributed by atoms with Gasteiger partial charge in [0.15, 0.2) is 0 Å². The first-order valence-electron chi connectivity index (χ1n) is 7.11. The van der Waals surface area contributed by atoms with Crippen molar-refractivity contribution in [1.82, 2.24) is 5.06 Å². The largest absolute Gasteiger partial charge is 0.492 e. The minimum atomic E-state index is -5.05. The second-order valence-electron chi connectivity index (χ2n) is 5.20. The maximum absolute atomic E-state index is 12.2. The van der Waals surface area contributed by atoms with E-state index in [-0.39, 0.29) is 19.7 Å². The van der Waals surface area contributed by atoms with Crippen LogP contribution in [0.2, 0.25) is 0 Å². The van der Waals surface area contributed by atoms with Crippen LogP contribution in [-0.4, -0.2) is 36.3 Å². The molecule has 0 N–H and O–H groups in total. The van der Waals surface area contributed by atoms with E-state index in [0.29, 0.717) is 12.8 Å². The first-order valence-corrected chi connectivity index (χ1v) is 7.11. The molecule has 1 saturated heterocycles. The van der Waals surface area contributed by atoms with Crippen LogP contribution in [0.25, 0.3) is 0 Å². The van der Waals surface area contributed by atoms with E-state index in [1.165, 1.54) is 0 Å². The van der Waals surface area contributed by atoms with E-state index in [2.05, 4.69) is 4.84 Å². The monoisotopic (exact) mass is 331 g/mol. The number of hydrogen-bond donors (Lipinski definition) is 0. The molecular weight excluding hydrogens is 315 g/mol. The number of piperidine rings is 1. The summed E-state index contributed by atoms with van der Waals surface area (Å²) in [4.78, 5) is 27.1. The van der Waals surface area contributed by atoms with Gasteiger partial charge < -0.3 is 9.57 Å². The van der Waals surface area contributed by atoms with Gasteiger partial charge in [0.05, 0.1) is 5.92 Å². The van der Waals surface area contributed by atoms with E-state index in [1.54, 1.807) is 12.1 Å². The topological polar surface area (TPSA) is 55.8 Å². The fourth-order valence-corrected chi connectivity index (χ4v) is 2.23. The molecule has 0 bridgehead atoms. The van der Waals surface area contributed by atoms with Crippen LogP contribution in [0, 0.1) is 5.92 Å². The standard InChI is InChI=1S/C15H16F3NO4/c16-15(17,18)14(21)23-19-8-4-7-12(9-19)13(20)22-10-11-5-2-1-3-6-11/h1-3,5-6,12H,4,7-10H2. The molecule has 23 heavy (non-hydrogen) atoms. The second-order valence-corrected chi connectivity index (χ2v) is 5.20. The summed E-state index contributed by atoms with van der Waals surface area (Å²) in [7, 11) is 0. The van der Waals surface area contributed by atoms with Crippen molar-refractivity contribution in [3.8, 4) is 0 Å². The van der Waals surface area contributed by atoms with Crippen molar-refractivity contribution in [2.45, 2.75) is 25.6 Å². The number of ether oxygens (including phenoxy) is 1. The Kier molecular flexibility index (Phi) is 5.59. The van der Waals surface area contributed by atoms with Crippen LogP contribution in [0.1, 0.15) is 18.4 Å². The number of rotatable bonds is 4. The molecule has 1 aromatic carbocycles. The van der Waals surface area contributed by atoms with Crippen LogP contribution < -0.4 is 0 Å². The normalized spacial score (nSPS) is 19.2. The number of carbonyl (C=O) groups is 2. The number of hydroxylamine groups is 2. The molecule has 1 atom stereocenters. The van der Waals surface area contributed by atoms with Gasteiger partial charge in [0.25, 0.3) is 0 Å². The number of carbonyl (C=O) groups excluding carboxylic acids is 2. The third-order valence-electron chi connectivity index (χ3n) is 3.38. The van der Waals surface area contributed by atoms with E-state index in [1.807, 2.05) is 18.2 Å². The number of nitrogens with zero attached hydrogens (tertiary/aromatic N) is 1. The Bertz CT molecular complexity index is 547. The van der Waals surface area contributed by atoms with Crippen molar-refractivity contribution in [2.24, 2.45) is 5.92 Å². The summed E-state index contributed by atoms with van der Waals surface area (Å²) in [6.07, 6.45) is -4.13. The Morgan fingerprint density at radius 1 is 1.22 bits per heavy atom. The van der Waals surface area contributed by atoms with Gasteiger partial charge in [0, 0.05) is 13.1 Å². The summed E-state index contributed by atoms with van der Waals surface area (Å²) < 4.78 is 41.7. The highest BCUT2D eigenvalue weighted by molar-refractivity contribution is 5.75. The zero-order chi connectivity index (χ0) is 16.9. The first kappa shape index (κ1) is 17.3. The molecule has 1 unspecified atom stereocenters. The molecule has 1 fully saturated rings. The number of alkyl halides is 3. The third kappa shape index (κ3) is 5.24. The lowest BCUT2D eigenvalue weighted by Crippen LogP contribution is -2.43. The van der Waals surface area contributed by atoms with Crippen molar-refractivity contribution in [3.05, 3.63) is 35.9 Å². The van der Waals surface area contributed by atoms with Crippen LogP contribution in [-0.2, 0) is 25.8 Å². The molecule has 0 saturated carbocycles. The van der Waals surface area contributed by atoms with E-state index in [9.17, 15) is 22.8 Å². The molecule has 1 aliphatic rings. The lowest BCUT2D eigenvalue weighted by Gasteiger charge is -2.30. The summed E-state index contributed by atoms with van der Waals surface area (Å²) in [6, 6.07) is 9.04. The van der Waals surface area contributed by atoms with Gasteiger partial charge in [0.2, 0.25) is 0 Å². The van der Waals surface area contributed by atoms with Gasteiger partial charge in [-0.1, -0.05) is 30.3 Å². The fourth-order valence-electron chi connectivity index (χ4n) is 2.23. The molecule has 0 amide bonds.